The summed E-state index contributed by atoms with van der Waals surface area (Å²) in [5.74, 6) is 0. The molecule has 0 bridgehead atoms. The second-order valence-electron chi connectivity index (χ2n) is 11.5. The standard InChI is InChI=1S/C31H30S4/c1-31(2,21-10-14-29-26(16-21)23-7-5-6-8-27(23)33-29)18-20-9-13-28-25(15-20)24-12-11-22(17-30(24)34-28)35(3,4)19-32-35/h5-17,35H,18-19H2,1-4H3. The highest BCUT2D eigenvalue weighted by Crippen LogP contribution is 2.94. The summed E-state index contributed by atoms with van der Waals surface area (Å²) < 4.78 is 5.61. The Bertz CT molecular complexity index is 1790. The predicted molar refractivity (Wildman–Crippen MR) is 167 cm³/mol. The molecule has 0 aliphatic carbocycles. The van der Waals surface area contributed by atoms with Gasteiger partial charge in [-0.05, 0) is 76.8 Å². The van der Waals surface area contributed by atoms with Crippen LogP contribution in [0.15, 0.2) is 83.8 Å². The maximum Gasteiger partial charge on any atom is 0.0365 e. The molecule has 0 amide bonds. The van der Waals surface area contributed by atoms with E-state index in [1.54, 1.807) is 4.90 Å². The number of benzene rings is 4. The minimum atomic E-state index is -1.61. The molecule has 2 aromatic heterocycles. The van der Waals surface area contributed by atoms with Crippen LogP contribution in [0.25, 0.3) is 40.3 Å². The molecule has 6 aromatic rings. The molecule has 35 heavy (non-hydrogen) atoms. The van der Waals surface area contributed by atoms with Gasteiger partial charge in [-0.3, -0.25) is 0 Å². The normalized spacial score (nSPS) is 18.2. The van der Waals surface area contributed by atoms with Crippen LogP contribution in [-0.4, -0.2) is 17.6 Å². The molecule has 0 atom stereocenters. The Labute approximate surface area is 219 Å². The van der Waals surface area contributed by atoms with E-state index in [1.807, 2.05) is 22.7 Å². The smallest absolute Gasteiger partial charge is 0.0365 e. The zero-order chi connectivity index (χ0) is 24.0. The van der Waals surface area contributed by atoms with Crippen molar-refractivity contribution < 1.29 is 0 Å². The van der Waals surface area contributed by atoms with Gasteiger partial charge in [-0.2, -0.15) is 0 Å². The van der Waals surface area contributed by atoms with Gasteiger partial charge in [-0.1, -0.05) is 56.3 Å². The van der Waals surface area contributed by atoms with E-state index in [1.165, 1.54) is 56.6 Å². The first-order chi connectivity index (χ1) is 16.7. The highest BCUT2D eigenvalue weighted by Gasteiger charge is 2.46. The third-order valence-corrected chi connectivity index (χ3v) is 18.9. The lowest BCUT2D eigenvalue weighted by molar-refractivity contribution is 0.523. The number of thiol groups is 1. The van der Waals surface area contributed by atoms with E-state index >= 15 is 0 Å². The van der Waals surface area contributed by atoms with Gasteiger partial charge in [0.15, 0.2) is 0 Å². The van der Waals surface area contributed by atoms with E-state index in [0.717, 1.165) is 6.42 Å². The molecule has 0 unspecified atom stereocenters. The molecule has 3 heterocycles. The number of fused-ring (bicyclic) bond motifs is 6. The average molecular weight is 531 g/mol. The van der Waals surface area contributed by atoms with Crippen molar-refractivity contribution >= 4 is 82.0 Å². The average Bonchev–Trinajstić information content (AvgIpc) is 3.21. The lowest BCUT2D eigenvalue weighted by Crippen LogP contribution is -2.20. The third-order valence-electron chi connectivity index (χ3n) is 7.90. The molecule has 0 N–H and O–H groups in total. The molecule has 4 heteroatoms. The second kappa shape index (κ2) is 7.29. The van der Waals surface area contributed by atoms with Crippen molar-refractivity contribution in [1.82, 2.24) is 0 Å². The largest absolute Gasteiger partial charge is 0.221 e. The lowest BCUT2D eigenvalue weighted by atomic mass is 9.78. The molecule has 1 aliphatic heterocycles. The Morgan fingerprint density at radius 2 is 1.34 bits per heavy atom. The fraction of sp³-hybridized carbons (Fsp3) is 0.226. The summed E-state index contributed by atoms with van der Waals surface area (Å²) in [6.07, 6.45) is 6.06. The Hall–Kier alpha value is -1.98. The molecule has 0 spiro atoms. The number of hydrogen-bond acceptors (Lipinski definition) is 3. The minimum absolute atomic E-state index is 0.0571. The number of thiophene rings is 2. The van der Waals surface area contributed by atoms with Crippen LogP contribution in [-0.2, 0) is 11.8 Å². The van der Waals surface area contributed by atoms with Crippen LogP contribution in [0.1, 0.15) is 25.0 Å². The van der Waals surface area contributed by atoms with Gasteiger partial charge in [0.25, 0.3) is 0 Å². The molecule has 1 aliphatic rings. The Morgan fingerprint density at radius 1 is 0.686 bits per heavy atom. The van der Waals surface area contributed by atoms with E-state index in [4.69, 9.17) is 0 Å². The molecule has 1 fully saturated rings. The first kappa shape index (κ1) is 22.2. The van der Waals surface area contributed by atoms with Crippen LogP contribution < -0.4 is 0 Å². The first-order valence-corrected chi connectivity index (χ1v) is 18.8. The van der Waals surface area contributed by atoms with Crippen molar-refractivity contribution in [2.24, 2.45) is 0 Å². The first-order valence-electron chi connectivity index (χ1n) is 12.2. The molecule has 0 radical (unpaired) electrons. The van der Waals surface area contributed by atoms with Gasteiger partial charge in [0.2, 0.25) is 0 Å². The molecule has 0 nitrogen and oxygen atoms in total. The Balaban J connectivity index is 1.26. The van der Waals surface area contributed by atoms with Crippen molar-refractivity contribution in [3.63, 3.8) is 0 Å². The maximum atomic E-state index is 2.52. The van der Waals surface area contributed by atoms with Gasteiger partial charge in [0, 0.05) is 45.4 Å². The van der Waals surface area contributed by atoms with E-state index in [-0.39, 0.29) is 5.41 Å². The van der Waals surface area contributed by atoms with Crippen molar-refractivity contribution in [2.75, 3.05) is 17.6 Å². The fourth-order valence-corrected chi connectivity index (χ4v) is 14.1. The monoisotopic (exact) mass is 530 g/mol. The van der Waals surface area contributed by atoms with Gasteiger partial charge >= 0.3 is 0 Å². The van der Waals surface area contributed by atoms with Gasteiger partial charge < -0.3 is 0 Å². The topological polar surface area (TPSA) is 0 Å². The lowest BCUT2D eigenvalue weighted by Gasteiger charge is -2.33. The quantitative estimate of drug-likeness (QED) is 0.134. The molecule has 4 aromatic carbocycles. The molecular formula is C31H30S4. The SMILES string of the molecule is CC(C)(Cc1ccc2sc3cc([SH]4(C)(C)CS4)ccc3c2c1)c1ccc2sc3ccccc3c2c1. The zero-order valence-electron chi connectivity index (χ0n) is 20.6. The van der Waals surface area contributed by atoms with Gasteiger partial charge in [-0.25, -0.2) is 8.19 Å². The highest BCUT2D eigenvalue weighted by atomic mass is 33.2. The van der Waals surface area contributed by atoms with Crippen LogP contribution in [0.4, 0.5) is 0 Å². The Morgan fingerprint density at radius 3 is 2.14 bits per heavy atom. The number of rotatable bonds is 4. The zero-order valence-corrected chi connectivity index (χ0v) is 23.9. The minimum Gasteiger partial charge on any atom is -0.221 e. The van der Waals surface area contributed by atoms with Crippen molar-refractivity contribution in [3.05, 3.63) is 90.0 Å². The summed E-state index contributed by atoms with van der Waals surface area (Å²) in [6, 6.07) is 30.4. The predicted octanol–water partition coefficient (Wildman–Crippen LogP) is 10.3. The summed E-state index contributed by atoms with van der Waals surface area (Å²) in [7, 11) is 0.576. The van der Waals surface area contributed by atoms with E-state index in [9.17, 15) is 0 Å². The summed E-state index contributed by atoms with van der Waals surface area (Å²) in [4.78, 5) is 1.60. The maximum absolute atomic E-state index is 2.52. The van der Waals surface area contributed by atoms with Crippen LogP contribution in [0.5, 0.6) is 0 Å². The van der Waals surface area contributed by atoms with Gasteiger partial charge in [0.05, 0.1) is 0 Å². The highest BCUT2D eigenvalue weighted by molar-refractivity contribution is 9.16. The third kappa shape index (κ3) is 3.56. The summed E-state index contributed by atoms with van der Waals surface area (Å²) in [5, 5.41) is 6.96. The fourth-order valence-electron chi connectivity index (χ4n) is 5.41. The van der Waals surface area contributed by atoms with Crippen molar-refractivity contribution in [3.8, 4) is 0 Å². The molecule has 0 saturated carbocycles. The van der Waals surface area contributed by atoms with Crippen molar-refractivity contribution in [1.29, 1.82) is 0 Å². The van der Waals surface area contributed by atoms with E-state index < -0.39 is 8.19 Å². The summed E-state index contributed by atoms with van der Waals surface area (Å²) >= 11 is 3.85. The van der Waals surface area contributed by atoms with Crippen LogP contribution in [0.3, 0.4) is 0 Å². The summed E-state index contributed by atoms with van der Waals surface area (Å²) in [6.45, 7) is 4.79. The van der Waals surface area contributed by atoms with E-state index in [0.29, 0.717) is 0 Å². The summed E-state index contributed by atoms with van der Waals surface area (Å²) in [5.41, 5.74) is 2.90. The van der Waals surface area contributed by atoms with Crippen LogP contribution in [0, 0.1) is 0 Å². The number of hydrogen-bond donors (Lipinski definition) is 1. The molecule has 178 valence electrons. The Kier molecular flexibility index (Phi) is 4.63. The molecular weight excluding hydrogens is 501 g/mol. The molecule has 7 rings (SSSR count). The van der Waals surface area contributed by atoms with Crippen molar-refractivity contribution in [2.45, 2.75) is 30.6 Å². The second-order valence-corrected chi connectivity index (χ2v) is 24.3. The van der Waals surface area contributed by atoms with E-state index in [2.05, 4.69) is 116 Å². The van der Waals surface area contributed by atoms with Gasteiger partial charge in [0.1, 0.15) is 0 Å². The van der Waals surface area contributed by atoms with Gasteiger partial charge in [-0.15, -0.1) is 33.5 Å². The van der Waals surface area contributed by atoms with Crippen LogP contribution in [0.2, 0.25) is 0 Å². The molecule has 1 saturated heterocycles. The van der Waals surface area contributed by atoms with Crippen LogP contribution >= 0.6 is 41.7 Å².